The molecule has 1 aromatic rings. The summed E-state index contributed by atoms with van der Waals surface area (Å²) in [5.41, 5.74) is 2.06. The predicted octanol–water partition coefficient (Wildman–Crippen LogP) is 1.43. The number of pyridine rings is 1. The molecule has 2 heterocycles. The van der Waals surface area contributed by atoms with Crippen molar-refractivity contribution >= 4 is 5.97 Å². The van der Waals surface area contributed by atoms with E-state index in [1.54, 1.807) is 6.20 Å². The Hall–Kier alpha value is -1.72. The molecule has 0 radical (unpaired) electrons. The number of aliphatic hydroxyl groups is 1. The number of nitrogens with zero attached hydrogens (tertiary/aromatic N) is 1. The van der Waals surface area contributed by atoms with E-state index in [0.29, 0.717) is 12.5 Å². The Labute approximate surface area is 154 Å². The minimum Gasteiger partial charge on any atom is -0.461 e. The summed E-state index contributed by atoms with van der Waals surface area (Å²) in [5, 5.41) is 13.4. The first-order valence-corrected chi connectivity index (χ1v) is 9.81. The van der Waals surface area contributed by atoms with Gasteiger partial charge in [0.05, 0.1) is 18.3 Å². The normalized spacial score (nSPS) is 39.0. The zero-order chi connectivity index (χ0) is 18.3. The van der Waals surface area contributed by atoms with Gasteiger partial charge in [0.1, 0.15) is 18.6 Å². The van der Waals surface area contributed by atoms with E-state index in [1.807, 2.05) is 18.2 Å². The van der Waals surface area contributed by atoms with Gasteiger partial charge in [-0.05, 0) is 30.9 Å². The number of carbonyl (C=O) groups excluding carboxylic acids is 1. The molecular formula is C21H29N2O3+. The summed E-state index contributed by atoms with van der Waals surface area (Å²) >= 11 is 0. The van der Waals surface area contributed by atoms with E-state index >= 15 is 0 Å². The molecule has 1 aliphatic heterocycles. The first kappa shape index (κ1) is 17.7. The summed E-state index contributed by atoms with van der Waals surface area (Å²) in [5.74, 6) is -0.0736. The van der Waals surface area contributed by atoms with Gasteiger partial charge >= 0.3 is 5.97 Å². The Morgan fingerprint density at radius 2 is 2.27 bits per heavy atom. The molecule has 1 saturated heterocycles. The first-order valence-electron chi connectivity index (χ1n) is 9.81. The Morgan fingerprint density at radius 3 is 3.04 bits per heavy atom. The molecule has 26 heavy (non-hydrogen) atoms. The van der Waals surface area contributed by atoms with Gasteiger partial charge in [-0.3, -0.25) is 9.78 Å². The van der Waals surface area contributed by atoms with Gasteiger partial charge in [0, 0.05) is 24.0 Å². The van der Waals surface area contributed by atoms with E-state index in [1.165, 1.54) is 5.57 Å². The van der Waals surface area contributed by atoms with Crippen molar-refractivity contribution < 1.29 is 20.0 Å². The van der Waals surface area contributed by atoms with E-state index in [-0.39, 0.29) is 29.3 Å². The van der Waals surface area contributed by atoms with Crippen LogP contribution < -0.4 is 5.32 Å². The van der Waals surface area contributed by atoms with E-state index in [2.05, 4.69) is 30.2 Å². The van der Waals surface area contributed by atoms with Crippen molar-refractivity contribution in [3.63, 3.8) is 0 Å². The van der Waals surface area contributed by atoms with Crippen molar-refractivity contribution in [1.29, 1.82) is 0 Å². The van der Waals surface area contributed by atoms with Crippen LogP contribution in [0.1, 0.15) is 38.8 Å². The van der Waals surface area contributed by atoms with Gasteiger partial charge in [-0.1, -0.05) is 31.6 Å². The minimum absolute atomic E-state index is 0.106. The van der Waals surface area contributed by atoms with Gasteiger partial charge < -0.3 is 15.2 Å². The van der Waals surface area contributed by atoms with E-state index in [0.717, 1.165) is 31.5 Å². The summed E-state index contributed by atoms with van der Waals surface area (Å²) in [4.78, 5) is 16.9. The summed E-state index contributed by atoms with van der Waals surface area (Å²) in [6, 6.07) is 5.86. The van der Waals surface area contributed by atoms with Gasteiger partial charge in [0.15, 0.2) is 0 Å². The van der Waals surface area contributed by atoms with Crippen LogP contribution in [0.25, 0.3) is 0 Å². The van der Waals surface area contributed by atoms with Crippen LogP contribution in [0, 0.1) is 23.2 Å². The van der Waals surface area contributed by atoms with Gasteiger partial charge in [-0.15, -0.1) is 0 Å². The minimum atomic E-state index is -0.525. The predicted molar refractivity (Wildman–Crippen MR) is 96.8 cm³/mol. The number of quaternary nitrogens is 1. The van der Waals surface area contributed by atoms with Gasteiger partial charge in [-0.25, -0.2) is 0 Å². The molecule has 2 aliphatic carbocycles. The molecule has 0 spiro atoms. The van der Waals surface area contributed by atoms with Gasteiger partial charge in [0.2, 0.25) is 0 Å². The summed E-state index contributed by atoms with van der Waals surface area (Å²) in [6.45, 7) is 5.78. The van der Waals surface area contributed by atoms with E-state index < -0.39 is 6.10 Å². The molecule has 0 unspecified atom stereocenters. The van der Waals surface area contributed by atoms with Crippen LogP contribution in [0.4, 0.5) is 0 Å². The van der Waals surface area contributed by atoms with Crippen LogP contribution >= 0.6 is 0 Å². The zero-order valence-corrected chi connectivity index (χ0v) is 15.6. The zero-order valence-electron chi connectivity index (χ0n) is 15.6. The summed E-state index contributed by atoms with van der Waals surface area (Å²) in [6.07, 6.45) is 6.30. The number of fused-ring (bicyclic) bond motifs is 2. The van der Waals surface area contributed by atoms with Gasteiger partial charge in [-0.2, -0.15) is 0 Å². The number of allylic oxidation sites excluding steroid dienone is 1. The number of esters is 1. The van der Waals surface area contributed by atoms with Crippen molar-refractivity contribution in [3.8, 4) is 0 Å². The molecule has 140 valence electrons. The lowest BCUT2D eigenvalue weighted by atomic mass is 9.55. The summed E-state index contributed by atoms with van der Waals surface area (Å²) < 4.78 is 5.70. The van der Waals surface area contributed by atoms with Crippen LogP contribution in [0.15, 0.2) is 36.0 Å². The molecule has 5 heteroatoms. The maximum atomic E-state index is 12.5. The number of ether oxygens (including phenoxy) is 1. The Kier molecular flexibility index (Phi) is 4.61. The number of aliphatic hydroxyl groups excluding tert-OH is 1. The van der Waals surface area contributed by atoms with Crippen molar-refractivity contribution in [2.45, 2.75) is 51.9 Å². The molecule has 3 aliphatic rings. The highest BCUT2D eigenvalue weighted by Crippen LogP contribution is 2.55. The average Bonchev–Trinajstić information content (AvgIpc) is 2.94. The van der Waals surface area contributed by atoms with Gasteiger partial charge in [0.25, 0.3) is 0 Å². The number of carbonyl (C=O) groups is 1. The SMILES string of the molecule is C[C@H]1CCC=C2C[C@H]3OC(=O)[C@@H](C[NH2+]Cc4ccccn4)[C@H]3[C@H](O)[C@@]21C. The molecule has 0 bridgehead atoms. The third kappa shape index (κ3) is 2.78. The molecule has 2 fully saturated rings. The quantitative estimate of drug-likeness (QED) is 0.631. The Balaban J connectivity index is 1.50. The van der Waals surface area contributed by atoms with E-state index in [4.69, 9.17) is 4.74 Å². The fourth-order valence-corrected chi connectivity index (χ4v) is 5.26. The molecule has 6 atom stereocenters. The first-order chi connectivity index (χ1) is 12.5. The molecule has 5 nitrogen and oxygen atoms in total. The number of hydrogen-bond acceptors (Lipinski definition) is 4. The highest BCUT2D eigenvalue weighted by atomic mass is 16.6. The lowest BCUT2D eigenvalue weighted by molar-refractivity contribution is -0.675. The largest absolute Gasteiger partial charge is 0.461 e. The van der Waals surface area contributed by atoms with Crippen LogP contribution in [-0.2, 0) is 16.1 Å². The van der Waals surface area contributed by atoms with Crippen molar-refractivity contribution in [2.24, 2.45) is 23.2 Å². The third-order valence-corrected chi connectivity index (χ3v) is 7.07. The number of aromatic nitrogens is 1. The highest BCUT2D eigenvalue weighted by molar-refractivity contribution is 5.76. The molecule has 1 saturated carbocycles. The number of hydrogen-bond donors (Lipinski definition) is 2. The van der Waals surface area contributed by atoms with Crippen LogP contribution in [0.2, 0.25) is 0 Å². The lowest BCUT2D eigenvalue weighted by Gasteiger charge is -2.51. The number of rotatable bonds is 4. The molecule has 0 aromatic carbocycles. The third-order valence-electron chi connectivity index (χ3n) is 7.07. The maximum Gasteiger partial charge on any atom is 0.315 e. The second-order valence-electron chi connectivity index (χ2n) is 8.35. The second-order valence-corrected chi connectivity index (χ2v) is 8.35. The van der Waals surface area contributed by atoms with Crippen LogP contribution in [0.5, 0.6) is 0 Å². The fraction of sp³-hybridized carbons (Fsp3) is 0.619. The average molecular weight is 357 g/mol. The Bertz CT molecular complexity index is 704. The lowest BCUT2D eigenvalue weighted by Crippen LogP contribution is -2.85. The Morgan fingerprint density at radius 1 is 1.42 bits per heavy atom. The smallest absolute Gasteiger partial charge is 0.315 e. The van der Waals surface area contributed by atoms with Crippen LogP contribution in [0.3, 0.4) is 0 Å². The van der Waals surface area contributed by atoms with Crippen molar-refractivity contribution in [1.82, 2.24) is 4.98 Å². The maximum absolute atomic E-state index is 12.5. The standard InChI is InChI=1S/C21H28N2O3/c1-13-6-5-7-14-10-17-18(19(24)21(13,14)2)16(20(25)26-17)12-22-11-15-8-3-4-9-23-15/h3-4,7-9,13,16-19,22,24H,5-6,10-12H2,1-2H3/p+1/t13-,16-,17+,18+,19-,21+/m0/s1. The molecule has 0 amide bonds. The molecule has 4 rings (SSSR count). The van der Waals surface area contributed by atoms with Crippen molar-refractivity contribution in [3.05, 3.63) is 41.7 Å². The molecule has 3 N–H and O–H groups in total. The summed E-state index contributed by atoms with van der Waals surface area (Å²) in [7, 11) is 0. The monoisotopic (exact) mass is 357 g/mol. The fourth-order valence-electron chi connectivity index (χ4n) is 5.26. The van der Waals surface area contributed by atoms with E-state index in [9.17, 15) is 9.90 Å². The van der Waals surface area contributed by atoms with Crippen LogP contribution in [-0.4, -0.2) is 34.8 Å². The van der Waals surface area contributed by atoms with Crippen molar-refractivity contribution in [2.75, 3.05) is 6.54 Å². The molecule has 1 aromatic heterocycles. The topological polar surface area (TPSA) is 76.0 Å². The highest BCUT2D eigenvalue weighted by Gasteiger charge is 2.60. The molecular weight excluding hydrogens is 328 g/mol. The number of nitrogens with two attached hydrogens (primary N) is 1. The second kappa shape index (κ2) is 6.78.